The fourth-order valence-electron chi connectivity index (χ4n) is 12.1. The highest BCUT2D eigenvalue weighted by Gasteiger charge is 2.49. The predicted molar refractivity (Wildman–Crippen MR) is 307 cm³/mol. The summed E-state index contributed by atoms with van der Waals surface area (Å²) in [5.74, 6) is 1.78. The van der Waals surface area contributed by atoms with Gasteiger partial charge in [-0.1, -0.05) is 212 Å². The minimum atomic E-state index is -0.400. The van der Waals surface area contributed by atoms with Gasteiger partial charge in [-0.05, 0) is 150 Å². The molecule has 0 radical (unpaired) electrons. The van der Waals surface area contributed by atoms with Gasteiger partial charge in [0.05, 0.1) is 22.5 Å². The molecule has 0 N–H and O–H groups in total. The van der Waals surface area contributed by atoms with Crippen LogP contribution in [0.3, 0.4) is 0 Å². The highest BCUT2D eigenvalue weighted by atomic mass is 14.7. The largest absolute Gasteiger partial charge is 0.259 e. The maximum atomic E-state index is 5.46. The van der Waals surface area contributed by atoms with Crippen LogP contribution in [0.2, 0.25) is 0 Å². The van der Waals surface area contributed by atoms with E-state index in [9.17, 15) is 0 Å². The molecule has 0 unspecified atom stereocenters. The Kier molecular flexibility index (Phi) is 10.9. The standard InChI is InChI=1S/C71H53N3/c1-3-13-51(14-4-1)68-31-27-47(44-72-68)23-25-49-39-50(26-24-48-28-32-69(73-45-48)52-15-5-2-6-16-52)41-54(40-49)55-17-7-8-18-56(55)67-46-74-70(71-36-33-62-63(34-37-71)64(62)35-38-71)43-65(67)53-29-30-61-59-21-10-9-19-57(59)58-20-11-12-22-60(58)66(61)42-53/h1-22,27-46,62-64H,23-26H2. The summed E-state index contributed by atoms with van der Waals surface area (Å²) >= 11 is 0. The van der Waals surface area contributed by atoms with Crippen LogP contribution in [-0.2, 0) is 31.1 Å². The van der Waals surface area contributed by atoms with Gasteiger partial charge < -0.3 is 0 Å². The second-order valence-electron chi connectivity index (χ2n) is 20.6. The molecule has 3 heteroatoms. The monoisotopic (exact) mass is 947 g/mol. The molecule has 15 rings (SSSR count). The number of allylic oxidation sites excluding steroid dienone is 6. The number of fused-ring (bicyclic) bond motifs is 6. The number of pyridine rings is 3. The fourth-order valence-corrected chi connectivity index (χ4v) is 12.1. The van der Waals surface area contributed by atoms with Crippen LogP contribution in [0.5, 0.6) is 0 Å². The third-order valence-electron chi connectivity index (χ3n) is 16.2. The molecule has 4 aliphatic carbocycles. The minimum Gasteiger partial charge on any atom is -0.259 e. The van der Waals surface area contributed by atoms with Crippen LogP contribution in [0.4, 0.5) is 0 Å². The first-order chi connectivity index (χ1) is 36.6. The summed E-state index contributed by atoms with van der Waals surface area (Å²) in [5.41, 5.74) is 17.0. The van der Waals surface area contributed by atoms with E-state index in [2.05, 4.69) is 243 Å². The van der Waals surface area contributed by atoms with E-state index in [1.807, 2.05) is 12.1 Å². The van der Waals surface area contributed by atoms with Crippen molar-refractivity contribution in [2.75, 3.05) is 0 Å². The molecule has 74 heavy (non-hydrogen) atoms. The van der Waals surface area contributed by atoms with Gasteiger partial charge in [0.25, 0.3) is 0 Å². The Bertz CT molecular complexity index is 3830. The van der Waals surface area contributed by atoms with Crippen LogP contribution in [0.25, 0.3) is 88.2 Å². The Hall–Kier alpha value is -8.79. The number of rotatable bonds is 12. The highest BCUT2D eigenvalue weighted by molar-refractivity contribution is 6.25. The molecule has 3 heterocycles. The van der Waals surface area contributed by atoms with E-state index in [1.54, 1.807) is 0 Å². The summed E-state index contributed by atoms with van der Waals surface area (Å²) in [6.07, 6.45) is 24.4. The van der Waals surface area contributed by atoms with E-state index < -0.39 is 5.41 Å². The molecule has 1 saturated carbocycles. The summed E-state index contributed by atoms with van der Waals surface area (Å²) in [6.45, 7) is 0. The topological polar surface area (TPSA) is 38.7 Å². The predicted octanol–water partition coefficient (Wildman–Crippen LogP) is 17.0. The van der Waals surface area contributed by atoms with Crippen LogP contribution < -0.4 is 0 Å². The number of aromatic nitrogens is 3. The Morgan fingerprint density at radius 1 is 0.297 bits per heavy atom. The van der Waals surface area contributed by atoms with Crippen LogP contribution in [0.15, 0.2) is 255 Å². The SMILES string of the molecule is C1=CC2(c3cc(-c4ccc5c6ccccc6c6ccccc6c5c4)c(-c4ccccc4-c4cc(CCc5ccc(-c6ccccc6)nc5)cc(CCc5ccc(-c6ccccc6)nc5)c4)cn3)C=CC3C1C3C=C2. The Morgan fingerprint density at radius 3 is 1.30 bits per heavy atom. The van der Waals surface area contributed by atoms with E-state index in [0.717, 1.165) is 59.5 Å². The first-order valence-electron chi connectivity index (χ1n) is 26.3. The zero-order valence-corrected chi connectivity index (χ0v) is 41.2. The van der Waals surface area contributed by atoms with Crippen molar-refractivity contribution < 1.29 is 0 Å². The Morgan fingerprint density at radius 2 is 0.770 bits per heavy atom. The molecular formula is C71H53N3. The molecule has 4 bridgehead atoms. The highest BCUT2D eigenvalue weighted by Crippen LogP contribution is 2.55. The molecule has 0 atom stereocenters. The summed E-state index contributed by atoms with van der Waals surface area (Å²) in [6, 6.07) is 73.2. The molecule has 8 aromatic carbocycles. The van der Waals surface area contributed by atoms with Crippen molar-refractivity contribution in [1.29, 1.82) is 0 Å². The first-order valence-corrected chi connectivity index (χ1v) is 26.3. The minimum absolute atomic E-state index is 0.400. The number of hydrogen-bond donors (Lipinski definition) is 0. The summed E-state index contributed by atoms with van der Waals surface area (Å²) in [4.78, 5) is 15.2. The molecule has 3 nitrogen and oxygen atoms in total. The molecule has 4 aliphatic rings. The second-order valence-corrected chi connectivity index (χ2v) is 20.6. The fraction of sp³-hybridized carbons (Fsp3) is 0.113. The summed E-state index contributed by atoms with van der Waals surface area (Å²) < 4.78 is 0. The van der Waals surface area contributed by atoms with Crippen molar-refractivity contribution in [1.82, 2.24) is 15.0 Å². The third kappa shape index (κ3) is 8.06. The lowest BCUT2D eigenvalue weighted by Gasteiger charge is -2.25. The van der Waals surface area contributed by atoms with Crippen molar-refractivity contribution in [2.45, 2.75) is 31.1 Å². The molecule has 0 spiro atoms. The lowest BCUT2D eigenvalue weighted by molar-refractivity contribution is 0.813. The summed E-state index contributed by atoms with van der Waals surface area (Å²) in [7, 11) is 0. The average Bonchev–Trinajstić information content (AvgIpc) is 4.28. The molecular weight excluding hydrogens is 895 g/mol. The molecule has 3 aromatic heterocycles. The zero-order valence-electron chi connectivity index (χ0n) is 41.2. The molecule has 0 aliphatic heterocycles. The van der Waals surface area contributed by atoms with Crippen molar-refractivity contribution >= 4 is 32.3 Å². The van der Waals surface area contributed by atoms with Crippen LogP contribution >= 0.6 is 0 Å². The first kappa shape index (κ1) is 44.0. The normalized spacial score (nSPS) is 18.2. The van der Waals surface area contributed by atoms with E-state index >= 15 is 0 Å². The molecule has 352 valence electrons. The van der Waals surface area contributed by atoms with Gasteiger partial charge in [0.1, 0.15) is 0 Å². The second kappa shape index (κ2) is 18.4. The van der Waals surface area contributed by atoms with Crippen LogP contribution in [-0.4, -0.2) is 15.0 Å². The lowest BCUT2D eigenvalue weighted by Crippen LogP contribution is -2.19. The third-order valence-corrected chi connectivity index (χ3v) is 16.2. The van der Waals surface area contributed by atoms with Gasteiger partial charge in [0.15, 0.2) is 0 Å². The summed E-state index contributed by atoms with van der Waals surface area (Å²) in [5, 5.41) is 7.63. The smallest absolute Gasteiger partial charge is 0.0702 e. The molecule has 0 amide bonds. The van der Waals surface area contributed by atoms with Crippen LogP contribution in [0, 0.1) is 17.8 Å². The zero-order chi connectivity index (χ0) is 49.0. The van der Waals surface area contributed by atoms with Gasteiger partial charge in [-0.2, -0.15) is 0 Å². The Balaban J connectivity index is 0.883. The van der Waals surface area contributed by atoms with Gasteiger partial charge in [-0.25, -0.2) is 0 Å². The lowest BCUT2D eigenvalue weighted by atomic mass is 9.81. The number of nitrogens with zero attached hydrogens (tertiary/aromatic N) is 3. The van der Waals surface area contributed by atoms with Gasteiger partial charge >= 0.3 is 0 Å². The van der Waals surface area contributed by atoms with Gasteiger partial charge in [0, 0.05) is 35.3 Å². The van der Waals surface area contributed by atoms with E-state index in [-0.39, 0.29) is 0 Å². The van der Waals surface area contributed by atoms with E-state index in [4.69, 9.17) is 15.0 Å². The van der Waals surface area contributed by atoms with Crippen molar-refractivity contribution in [3.8, 4) is 55.9 Å². The van der Waals surface area contributed by atoms with Gasteiger partial charge in [-0.15, -0.1) is 0 Å². The van der Waals surface area contributed by atoms with Crippen molar-refractivity contribution in [2.24, 2.45) is 17.8 Å². The van der Waals surface area contributed by atoms with Gasteiger partial charge in [-0.3, -0.25) is 15.0 Å². The molecule has 1 fully saturated rings. The Labute approximate surface area is 433 Å². The quantitative estimate of drug-likeness (QED) is 0.0905. The van der Waals surface area contributed by atoms with Crippen molar-refractivity contribution in [3.05, 3.63) is 283 Å². The number of hydrogen-bond acceptors (Lipinski definition) is 3. The van der Waals surface area contributed by atoms with E-state index in [0.29, 0.717) is 17.8 Å². The van der Waals surface area contributed by atoms with E-state index in [1.165, 1.54) is 82.4 Å². The number of benzene rings is 8. The van der Waals surface area contributed by atoms with Crippen molar-refractivity contribution in [3.63, 3.8) is 0 Å². The molecule has 11 aromatic rings. The average molecular weight is 948 g/mol. The number of aryl methyl sites for hydroxylation is 4. The maximum absolute atomic E-state index is 5.46. The molecule has 0 saturated heterocycles. The van der Waals surface area contributed by atoms with Gasteiger partial charge in [0.2, 0.25) is 0 Å². The van der Waals surface area contributed by atoms with Crippen LogP contribution in [0.1, 0.15) is 27.9 Å². The maximum Gasteiger partial charge on any atom is 0.0702 e.